The lowest BCUT2D eigenvalue weighted by Gasteiger charge is -2.15. The van der Waals surface area contributed by atoms with Crippen molar-refractivity contribution in [1.82, 2.24) is 10.2 Å². The van der Waals surface area contributed by atoms with E-state index in [0.717, 1.165) is 16.5 Å². The van der Waals surface area contributed by atoms with Gasteiger partial charge in [0, 0.05) is 18.4 Å². The van der Waals surface area contributed by atoms with E-state index in [1.165, 1.54) is 0 Å². The molecule has 7 nitrogen and oxygen atoms in total. The number of ether oxygens (including phenoxy) is 1. The minimum Gasteiger partial charge on any atom is -0.495 e. The van der Waals surface area contributed by atoms with Crippen molar-refractivity contribution in [3.63, 3.8) is 0 Å². The van der Waals surface area contributed by atoms with Crippen LogP contribution in [0.2, 0.25) is 0 Å². The highest BCUT2D eigenvalue weighted by Gasteiger charge is 2.37. The highest BCUT2D eigenvalue weighted by atomic mass is 16.5. The predicted molar refractivity (Wildman–Crippen MR) is 103 cm³/mol. The Kier molecular flexibility index (Phi) is 4.27. The summed E-state index contributed by atoms with van der Waals surface area (Å²) < 4.78 is 5.31. The van der Waals surface area contributed by atoms with Crippen LogP contribution in [0.5, 0.6) is 5.75 Å². The molecule has 1 aliphatic heterocycles. The molecule has 2 aromatic carbocycles. The maximum Gasteiger partial charge on any atom is 0.229 e. The van der Waals surface area contributed by atoms with E-state index in [2.05, 4.69) is 15.5 Å². The number of aryl methyl sites for hydroxylation is 1. The fourth-order valence-corrected chi connectivity index (χ4v) is 3.40. The van der Waals surface area contributed by atoms with Gasteiger partial charge in [0.1, 0.15) is 5.75 Å². The second-order valence-electron chi connectivity index (χ2n) is 6.69. The van der Waals surface area contributed by atoms with Gasteiger partial charge >= 0.3 is 0 Å². The van der Waals surface area contributed by atoms with Crippen LogP contribution in [0, 0.1) is 12.8 Å². The summed E-state index contributed by atoms with van der Waals surface area (Å²) in [7, 11) is 1.56. The molecular formula is C20H20N4O3. The number of amides is 2. The lowest BCUT2D eigenvalue weighted by Crippen LogP contribution is -2.28. The molecule has 27 heavy (non-hydrogen) atoms. The average molecular weight is 364 g/mol. The number of hydrogen-bond acceptors (Lipinski definition) is 4. The molecule has 0 aliphatic carbocycles. The molecule has 0 unspecified atom stereocenters. The van der Waals surface area contributed by atoms with E-state index in [-0.39, 0.29) is 18.2 Å². The Hall–Kier alpha value is -3.35. The number of para-hydroxylation sites is 1. The number of methoxy groups -OCH3 is 1. The Morgan fingerprint density at radius 3 is 2.93 bits per heavy atom. The molecule has 138 valence electrons. The third-order valence-corrected chi connectivity index (χ3v) is 4.81. The largest absolute Gasteiger partial charge is 0.495 e. The number of nitrogens with one attached hydrogen (secondary N) is 2. The number of carbonyl (C=O) groups is 2. The van der Waals surface area contributed by atoms with Gasteiger partial charge in [0.2, 0.25) is 11.8 Å². The lowest BCUT2D eigenvalue weighted by atomic mass is 10.1. The van der Waals surface area contributed by atoms with E-state index in [1.54, 1.807) is 12.0 Å². The highest BCUT2D eigenvalue weighted by molar-refractivity contribution is 6.07. The maximum atomic E-state index is 12.7. The summed E-state index contributed by atoms with van der Waals surface area (Å²) >= 11 is 0. The molecule has 0 saturated carbocycles. The molecule has 1 saturated heterocycles. The Bertz CT molecular complexity index is 1030. The van der Waals surface area contributed by atoms with Crippen LogP contribution in [0.25, 0.3) is 10.9 Å². The second kappa shape index (κ2) is 6.75. The van der Waals surface area contributed by atoms with Crippen molar-refractivity contribution in [1.29, 1.82) is 0 Å². The van der Waals surface area contributed by atoms with E-state index in [0.29, 0.717) is 23.8 Å². The zero-order valence-electron chi connectivity index (χ0n) is 15.2. The van der Waals surface area contributed by atoms with Crippen LogP contribution in [0.15, 0.2) is 42.5 Å². The molecule has 0 radical (unpaired) electrons. The van der Waals surface area contributed by atoms with Gasteiger partial charge in [-0.1, -0.05) is 18.2 Å². The molecule has 0 spiro atoms. The minimum atomic E-state index is -0.446. The maximum absolute atomic E-state index is 12.7. The number of hydrogen-bond donors (Lipinski definition) is 2. The molecule has 3 aromatic rings. The summed E-state index contributed by atoms with van der Waals surface area (Å²) in [6, 6.07) is 13.2. The first-order valence-electron chi connectivity index (χ1n) is 8.76. The predicted octanol–water partition coefficient (Wildman–Crippen LogP) is 2.87. The number of H-pyrrole nitrogens is 1. The fourth-order valence-electron chi connectivity index (χ4n) is 3.40. The Balaban J connectivity index is 1.54. The van der Waals surface area contributed by atoms with Crippen LogP contribution in [-0.4, -0.2) is 35.7 Å². The fraction of sp³-hybridized carbons (Fsp3) is 0.250. The number of carbonyl (C=O) groups excluding carboxylic acids is 2. The number of aromatic nitrogens is 2. The van der Waals surface area contributed by atoms with Gasteiger partial charge in [-0.25, -0.2) is 0 Å². The summed E-state index contributed by atoms with van der Waals surface area (Å²) in [5, 5.41) is 11.0. The second-order valence-corrected chi connectivity index (χ2v) is 6.69. The molecule has 7 heteroatoms. The minimum absolute atomic E-state index is 0.108. The van der Waals surface area contributed by atoms with Crippen LogP contribution < -0.4 is 15.0 Å². The van der Waals surface area contributed by atoms with Gasteiger partial charge in [-0.3, -0.25) is 19.6 Å². The van der Waals surface area contributed by atoms with E-state index in [4.69, 9.17) is 4.74 Å². The van der Waals surface area contributed by atoms with Crippen LogP contribution in [0.1, 0.15) is 12.0 Å². The molecule has 1 aliphatic rings. The van der Waals surface area contributed by atoms with Crippen molar-refractivity contribution >= 4 is 34.2 Å². The van der Waals surface area contributed by atoms with Crippen molar-refractivity contribution < 1.29 is 14.3 Å². The molecule has 2 amide bonds. The third-order valence-electron chi connectivity index (χ3n) is 4.81. The first-order valence-corrected chi connectivity index (χ1v) is 8.76. The topological polar surface area (TPSA) is 87.3 Å². The zero-order chi connectivity index (χ0) is 19.0. The SMILES string of the molecule is COc1ccc(C)cc1NC(=O)[C@@H]1CC(=O)N(c2n[nH]c3ccccc23)C1. The first-order chi connectivity index (χ1) is 13.1. The summed E-state index contributed by atoms with van der Waals surface area (Å²) in [4.78, 5) is 26.9. The van der Waals surface area contributed by atoms with Gasteiger partial charge in [0.25, 0.3) is 0 Å². The number of fused-ring (bicyclic) bond motifs is 1. The number of nitrogens with zero attached hydrogens (tertiary/aromatic N) is 2. The number of aromatic amines is 1. The van der Waals surface area contributed by atoms with Crippen LogP contribution in [-0.2, 0) is 9.59 Å². The molecule has 4 rings (SSSR count). The molecule has 2 N–H and O–H groups in total. The quantitative estimate of drug-likeness (QED) is 0.745. The third kappa shape index (κ3) is 3.12. The van der Waals surface area contributed by atoms with Crippen molar-refractivity contribution in [2.75, 3.05) is 23.9 Å². The van der Waals surface area contributed by atoms with E-state index >= 15 is 0 Å². The van der Waals surface area contributed by atoms with Crippen molar-refractivity contribution in [2.45, 2.75) is 13.3 Å². The zero-order valence-corrected chi connectivity index (χ0v) is 15.2. The van der Waals surface area contributed by atoms with Crippen molar-refractivity contribution in [2.24, 2.45) is 5.92 Å². The van der Waals surface area contributed by atoms with Gasteiger partial charge in [0.05, 0.1) is 24.2 Å². The van der Waals surface area contributed by atoms with Gasteiger partial charge in [0.15, 0.2) is 5.82 Å². The van der Waals surface area contributed by atoms with Crippen LogP contribution in [0.3, 0.4) is 0 Å². The Labute approximate surface area is 156 Å². The molecular weight excluding hydrogens is 344 g/mol. The Morgan fingerprint density at radius 2 is 2.11 bits per heavy atom. The number of rotatable bonds is 4. The van der Waals surface area contributed by atoms with Gasteiger partial charge < -0.3 is 10.1 Å². The van der Waals surface area contributed by atoms with Crippen LogP contribution in [0.4, 0.5) is 11.5 Å². The molecule has 1 atom stereocenters. The average Bonchev–Trinajstić information content (AvgIpc) is 3.25. The monoisotopic (exact) mass is 364 g/mol. The first kappa shape index (κ1) is 17.1. The van der Waals surface area contributed by atoms with Crippen molar-refractivity contribution in [3.05, 3.63) is 48.0 Å². The van der Waals surface area contributed by atoms with Gasteiger partial charge in [-0.15, -0.1) is 0 Å². The smallest absolute Gasteiger partial charge is 0.229 e. The molecule has 1 aromatic heterocycles. The molecule has 2 heterocycles. The number of benzene rings is 2. The molecule has 0 bridgehead atoms. The van der Waals surface area contributed by atoms with E-state index in [9.17, 15) is 9.59 Å². The van der Waals surface area contributed by atoms with Gasteiger partial charge in [-0.05, 0) is 36.8 Å². The van der Waals surface area contributed by atoms with Crippen molar-refractivity contribution in [3.8, 4) is 5.75 Å². The van der Waals surface area contributed by atoms with Crippen LogP contribution >= 0.6 is 0 Å². The van der Waals surface area contributed by atoms with Gasteiger partial charge in [-0.2, -0.15) is 5.10 Å². The summed E-state index contributed by atoms with van der Waals surface area (Å²) in [5.74, 6) is 0.406. The Morgan fingerprint density at radius 1 is 1.30 bits per heavy atom. The summed E-state index contributed by atoms with van der Waals surface area (Å²) in [5.41, 5.74) is 2.48. The highest BCUT2D eigenvalue weighted by Crippen LogP contribution is 2.31. The number of anilines is 2. The summed E-state index contributed by atoms with van der Waals surface area (Å²) in [6.45, 7) is 2.24. The lowest BCUT2D eigenvalue weighted by molar-refractivity contribution is -0.122. The normalized spacial score (nSPS) is 16.7. The molecule has 1 fully saturated rings. The standard InChI is InChI=1S/C20H20N4O3/c1-12-7-8-17(27-2)16(9-12)21-20(26)13-10-18(25)24(11-13)19-14-5-3-4-6-15(14)22-23-19/h3-9,13H,10-11H2,1-2H3,(H,21,26)(H,22,23)/t13-/m1/s1. The summed E-state index contributed by atoms with van der Waals surface area (Å²) in [6.07, 6.45) is 0.154. The van der Waals surface area contributed by atoms with E-state index in [1.807, 2.05) is 49.4 Å². The van der Waals surface area contributed by atoms with E-state index < -0.39 is 5.92 Å².